The minimum atomic E-state index is -0.262. The van der Waals surface area contributed by atoms with Crippen LogP contribution >= 0.6 is 0 Å². The zero-order valence-corrected chi connectivity index (χ0v) is 20.7. The highest BCUT2D eigenvalue weighted by molar-refractivity contribution is 5.79. The fourth-order valence-corrected chi connectivity index (χ4v) is 3.68. The summed E-state index contributed by atoms with van der Waals surface area (Å²) in [5.74, 6) is 0.313. The van der Waals surface area contributed by atoms with Crippen molar-refractivity contribution in [1.82, 2.24) is 0 Å². The van der Waals surface area contributed by atoms with E-state index in [1.165, 1.54) is 5.56 Å². The highest BCUT2D eigenvalue weighted by Gasteiger charge is 2.30. The molecular weight excluding hydrogens is 380 g/mol. The number of hydrogen-bond donors (Lipinski definition) is 0. The van der Waals surface area contributed by atoms with Crippen LogP contribution in [0.1, 0.15) is 90.0 Å². The Labute approximate surface area is 189 Å². The molecule has 1 atom stereocenters. The first kappa shape index (κ1) is 24.9. The van der Waals surface area contributed by atoms with Gasteiger partial charge in [-0.3, -0.25) is 4.79 Å². The second kappa shape index (κ2) is 10.3. The lowest BCUT2D eigenvalue weighted by Gasteiger charge is -2.30. The van der Waals surface area contributed by atoms with Crippen LogP contribution < -0.4 is 4.74 Å². The van der Waals surface area contributed by atoms with E-state index in [-0.39, 0.29) is 22.7 Å². The van der Waals surface area contributed by atoms with Crippen LogP contribution in [0.4, 0.5) is 0 Å². The Hall–Kier alpha value is -2.35. The summed E-state index contributed by atoms with van der Waals surface area (Å²) in [7, 11) is 0. The van der Waals surface area contributed by atoms with Crippen LogP contribution in [0.2, 0.25) is 0 Å². The second-order valence-electron chi connectivity index (χ2n) is 10.6. The summed E-state index contributed by atoms with van der Waals surface area (Å²) in [6.45, 7) is 17.3. The average molecular weight is 421 g/mol. The average Bonchev–Trinajstić information content (AvgIpc) is 2.68. The number of hydrogen-bond acceptors (Lipinski definition) is 2. The van der Waals surface area contributed by atoms with Crippen LogP contribution in [-0.2, 0) is 15.6 Å². The summed E-state index contributed by atoms with van der Waals surface area (Å²) in [5, 5.41) is 0. The van der Waals surface area contributed by atoms with Crippen molar-refractivity contribution in [2.75, 3.05) is 0 Å². The van der Waals surface area contributed by atoms with Crippen molar-refractivity contribution in [2.45, 2.75) is 85.5 Å². The maximum absolute atomic E-state index is 13.4. The van der Waals surface area contributed by atoms with Crippen molar-refractivity contribution in [3.63, 3.8) is 0 Å². The smallest absolute Gasteiger partial charge is 0.318 e. The van der Waals surface area contributed by atoms with Crippen LogP contribution in [0.15, 0.2) is 48.5 Å². The fourth-order valence-electron chi connectivity index (χ4n) is 3.68. The van der Waals surface area contributed by atoms with Gasteiger partial charge in [0.15, 0.2) is 0 Å². The number of rotatable bonds is 7. The molecular formula is C29H40O2. The largest absolute Gasteiger partial charge is 0.425 e. The Kier molecular flexibility index (Phi) is 8.28. The number of unbranched alkanes of at least 4 members (excludes halogenated alkanes) is 1. The molecule has 2 aromatic rings. The Balaban J connectivity index is 2.45. The van der Waals surface area contributed by atoms with Crippen LogP contribution in [0, 0.1) is 12.8 Å². The van der Waals surface area contributed by atoms with Crippen molar-refractivity contribution in [1.29, 1.82) is 0 Å². The third kappa shape index (κ3) is 7.09. The van der Waals surface area contributed by atoms with Gasteiger partial charge in [-0.2, -0.15) is 0 Å². The van der Waals surface area contributed by atoms with E-state index in [1.54, 1.807) is 0 Å². The molecule has 2 aromatic carbocycles. The lowest BCUT2D eigenvalue weighted by molar-refractivity contribution is -0.137. The molecule has 0 saturated carbocycles. The fraction of sp³-hybridized carbons (Fsp3) is 0.483. The molecule has 0 bridgehead atoms. The third-order valence-corrected chi connectivity index (χ3v) is 5.54. The summed E-state index contributed by atoms with van der Waals surface area (Å²) in [6, 6.07) is 14.5. The van der Waals surface area contributed by atoms with Gasteiger partial charge in [0.1, 0.15) is 5.75 Å². The number of benzene rings is 2. The summed E-state index contributed by atoms with van der Waals surface area (Å²) in [5.41, 5.74) is 4.22. The van der Waals surface area contributed by atoms with E-state index in [4.69, 9.17) is 4.74 Å². The van der Waals surface area contributed by atoms with Gasteiger partial charge in [0.2, 0.25) is 0 Å². The minimum absolute atomic E-state index is 0.125. The molecule has 0 fully saturated rings. The third-order valence-electron chi connectivity index (χ3n) is 5.54. The van der Waals surface area contributed by atoms with Crippen molar-refractivity contribution < 1.29 is 9.53 Å². The summed E-state index contributed by atoms with van der Waals surface area (Å²) >= 11 is 0. The van der Waals surface area contributed by atoms with Gasteiger partial charge >= 0.3 is 5.97 Å². The SMILES string of the molecule is CCCC[C@@H](/C=C/c1ccccc1)C(=O)Oc1c(C(C)(C)C)cc(C)cc1C(C)(C)C. The van der Waals surface area contributed by atoms with Gasteiger partial charge in [0.05, 0.1) is 5.92 Å². The van der Waals surface area contributed by atoms with E-state index in [9.17, 15) is 4.79 Å². The van der Waals surface area contributed by atoms with Gasteiger partial charge in [-0.25, -0.2) is 0 Å². The molecule has 2 rings (SSSR count). The molecule has 0 aliphatic heterocycles. The maximum atomic E-state index is 13.4. The topological polar surface area (TPSA) is 26.3 Å². The lowest BCUT2D eigenvalue weighted by atomic mass is 9.78. The normalized spacial score (nSPS) is 13.4. The van der Waals surface area contributed by atoms with Gasteiger partial charge in [-0.15, -0.1) is 0 Å². The Morgan fingerprint density at radius 2 is 1.52 bits per heavy atom. The van der Waals surface area contributed by atoms with Crippen molar-refractivity contribution in [2.24, 2.45) is 5.92 Å². The highest BCUT2D eigenvalue weighted by Crippen LogP contribution is 2.41. The molecule has 2 heteroatoms. The molecule has 0 amide bonds. The van der Waals surface area contributed by atoms with Gasteiger partial charge in [-0.1, -0.05) is 121 Å². The van der Waals surface area contributed by atoms with E-state index in [1.807, 2.05) is 42.5 Å². The zero-order chi connectivity index (χ0) is 23.2. The molecule has 0 radical (unpaired) electrons. The van der Waals surface area contributed by atoms with E-state index in [2.05, 4.69) is 67.5 Å². The number of ether oxygens (including phenoxy) is 1. The van der Waals surface area contributed by atoms with Gasteiger partial charge < -0.3 is 4.74 Å². The predicted octanol–water partition coefficient (Wildman–Crippen LogP) is 8.02. The van der Waals surface area contributed by atoms with Crippen LogP contribution in [0.5, 0.6) is 5.75 Å². The molecule has 0 aliphatic carbocycles. The Bertz CT molecular complexity index is 858. The molecule has 168 valence electrons. The van der Waals surface area contributed by atoms with Crippen LogP contribution in [-0.4, -0.2) is 5.97 Å². The number of carbonyl (C=O) groups is 1. The zero-order valence-electron chi connectivity index (χ0n) is 20.7. The highest BCUT2D eigenvalue weighted by atomic mass is 16.5. The first-order valence-corrected chi connectivity index (χ1v) is 11.5. The predicted molar refractivity (Wildman–Crippen MR) is 133 cm³/mol. The summed E-state index contributed by atoms with van der Waals surface area (Å²) in [4.78, 5) is 13.4. The number of esters is 1. The minimum Gasteiger partial charge on any atom is -0.425 e. The van der Waals surface area contributed by atoms with Gasteiger partial charge in [0.25, 0.3) is 0 Å². The molecule has 0 N–H and O–H groups in total. The monoisotopic (exact) mass is 420 g/mol. The second-order valence-corrected chi connectivity index (χ2v) is 10.6. The molecule has 0 saturated heterocycles. The Morgan fingerprint density at radius 3 is 2.00 bits per heavy atom. The molecule has 0 aromatic heterocycles. The maximum Gasteiger partial charge on any atom is 0.318 e. The van der Waals surface area contributed by atoms with Crippen molar-refractivity contribution >= 4 is 12.0 Å². The number of aryl methyl sites for hydroxylation is 1. The first-order chi connectivity index (χ1) is 14.4. The van der Waals surface area contributed by atoms with Crippen molar-refractivity contribution in [3.8, 4) is 5.75 Å². The Morgan fingerprint density at radius 1 is 0.968 bits per heavy atom. The van der Waals surface area contributed by atoms with Gasteiger partial charge in [0, 0.05) is 11.1 Å². The van der Waals surface area contributed by atoms with Gasteiger partial charge in [-0.05, 0) is 29.7 Å². The van der Waals surface area contributed by atoms with E-state index < -0.39 is 0 Å². The lowest BCUT2D eigenvalue weighted by Crippen LogP contribution is -2.25. The number of carbonyl (C=O) groups excluding carboxylic acids is 1. The molecule has 0 spiro atoms. The summed E-state index contributed by atoms with van der Waals surface area (Å²) < 4.78 is 6.24. The van der Waals surface area contributed by atoms with Crippen LogP contribution in [0.25, 0.3) is 6.08 Å². The molecule has 2 nitrogen and oxygen atoms in total. The van der Waals surface area contributed by atoms with Crippen molar-refractivity contribution in [3.05, 3.63) is 70.8 Å². The molecule has 0 heterocycles. The quantitative estimate of drug-likeness (QED) is 0.335. The standard InChI is InChI=1S/C29H40O2/c1-9-10-16-23(18-17-22-14-12-11-13-15-22)27(30)31-26-24(28(3,4)5)19-21(2)20-25(26)29(6,7)8/h11-15,17-20,23H,9-10,16H2,1-8H3/b18-17+/t23-/m0/s1. The summed E-state index contributed by atoms with van der Waals surface area (Å²) in [6.07, 6.45) is 6.88. The van der Waals surface area contributed by atoms with E-state index in [0.717, 1.165) is 41.7 Å². The van der Waals surface area contributed by atoms with E-state index in [0.29, 0.717) is 0 Å². The molecule has 31 heavy (non-hydrogen) atoms. The molecule has 0 unspecified atom stereocenters. The first-order valence-electron chi connectivity index (χ1n) is 11.5. The van der Waals surface area contributed by atoms with E-state index >= 15 is 0 Å². The molecule has 0 aliphatic rings. The van der Waals surface area contributed by atoms with Crippen LogP contribution in [0.3, 0.4) is 0 Å².